The Bertz CT molecular complexity index is 3020. The molecule has 9 aromatic rings. The van der Waals surface area contributed by atoms with Gasteiger partial charge in [-0.05, 0) is 96.1 Å². The number of carbonyl (C=O) groups is 1. The molecule has 75 heavy (non-hydrogen) atoms. The van der Waals surface area contributed by atoms with Gasteiger partial charge in [-0.3, -0.25) is 25.0 Å². The number of aromatic nitrogens is 6. The van der Waals surface area contributed by atoms with Crippen molar-refractivity contribution in [1.82, 2.24) is 28.7 Å². The summed E-state index contributed by atoms with van der Waals surface area (Å²) in [5.41, 5.74) is 22.4. The van der Waals surface area contributed by atoms with E-state index in [1.807, 2.05) is 155 Å². The number of para-hydroxylation sites is 3. The van der Waals surface area contributed by atoms with Crippen molar-refractivity contribution in [3.8, 4) is 17.1 Å². The van der Waals surface area contributed by atoms with Gasteiger partial charge in [0.15, 0.2) is 0 Å². The quantitative estimate of drug-likeness (QED) is 0.0325. The van der Waals surface area contributed by atoms with Crippen LogP contribution in [0.2, 0.25) is 0 Å². The molecule has 2 atom stereocenters. The van der Waals surface area contributed by atoms with E-state index in [0.29, 0.717) is 11.8 Å². The van der Waals surface area contributed by atoms with Crippen molar-refractivity contribution in [2.24, 2.45) is 11.5 Å². The summed E-state index contributed by atoms with van der Waals surface area (Å²) in [5.74, 6) is 0.212. The standard InChI is InChI=1S/C21H25N7O.C10H8N2O2.C10H10N2.C6H5I.C4H4N2O2.2CH4.2ClH.Sn/c22-17-8-4-5-9-18(17)26-21-24-12-16(19(23)29)20(27-21)25-14-10-11-28(13-14)15-6-2-1-3-7-15;13-12(14)10-6-7-11(8-10)9-4-2-1-3-5-9;11-9-6-7-12(8-9)10-4-2-1-3-5-10;7-6-4-2-1-3-5-6;7-6(8)4-1-2-5-3-4;;;;;/h1-3,6-7,10-13,17-18H,4-5,8-9,22H2,(H2,23,29)(H2,24,25,26,27);1-8H;1-8H,11H2;1-5H;1-3,5H;2*1H4;2*1H;/q;;;;;;;;;+2/p-2/t17-,18+;;;;;;;;;/m0........./s1. The number of benzene rings is 4. The molecule has 1 fully saturated rings. The monoisotopic (exact) mass is 1280 g/mol. The topological polar surface area (TPSA) is 262 Å². The summed E-state index contributed by atoms with van der Waals surface area (Å²) in [6, 6.07) is 46.6. The molecule has 1 amide bonds. The Morgan fingerprint density at radius 1 is 0.707 bits per heavy atom. The molecule has 1 saturated carbocycles. The Kier molecular flexibility index (Phi) is 27.8. The van der Waals surface area contributed by atoms with Gasteiger partial charge in [0, 0.05) is 93.9 Å². The Balaban J connectivity index is 0.000000269. The van der Waals surface area contributed by atoms with Crippen LogP contribution in [0.15, 0.2) is 201 Å². The number of aromatic amines is 1. The zero-order valence-corrected chi connectivity index (χ0v) is 45.6. The van der Waals surface area contributed by atoms with E-state index < -0.39 is 34.6 Å². The molecule has 1 aliphatic rings. The van der Waals surface area contributed by atoms with E-state index >= 15 is 0 Å². The number of hydrogen-bond donors (Lipinski definition) is 6. The molecule has 18 nitrogen and oxygen atoms in total. The maximum atomic E-state index is 11.8. The van der Waals surface area contributed by atoms with Gasteiger partial charge in [0.25, 0.3) is 17.3 Å². The minimum atomic E-state index is -0.826. The molecule has 22 heteroatoms. The molecule has 0 spiro atoms. The van der Waals surface area contributed by atoms with Gasteiger partial charge in [-0.2, -0.15) is 4.98 Å². The molecule has 9 N–H and O–H groups in total. The van der Waals surface area contributed by atoms with Gasteiger partial charge in [0.1, 0.15) is 11.4 Å². The number of nitrogens with two attached hydrogens (primary N) is 3. The average molecular weight is 1280 g/mol. The summed E-state index contributed by atoms with van der Waals surface area (Å²) < 4.78 is 6.99. The van der Waals surface area contributed by atoms with Gasteiger partial charge in [0.05, 0.1) is 27.9 Å². The van der Waals surface area contributed by atoms with Crippen molar-refractivity contribution in [2.75, 3.05) is 16.4 Å². The van der Waals surface area contributed by atoms with Crippen LogP contribution in [-0.2, 0) is 0 Å². The van der Waals surface area contributed by atoms with Crippen LogP contribution in [0, 0.1) is 23.8 Å². The molecule has 10 rings (SSSR count). The zero-order chi connectivity index (χ0) is 52.4. The average Bonchev–Trinajstić information content (AvgIpc) is 4.27. The van der Waals surface area contributed by atoms with Crippen molar-refractivity contribution in [3.05, 3.63) is 231 Å². The number of H-pyrrole nitrogens is 1. The maximum absolute atomic E-state index is 11.8. The van der Waals surface area contributed by atoms with Gasteiger partial charge in [-0.15, -0.1) is 0 Å². The van der Waals surface area contributed by atoms with E-state index in [1.165, 1.54) is 40.5 Å². The molecule has 0 unspecified atom stereocenters. The fraction of sp³-hybridized carbons (Fsp3) is 0.151. The Labute approximate surface area is 467 Å². The molecule has 5 heterocycles. The SMILES string of the molecule is C.C.Ic1ccccc1.NC(=O)c1cnc(N[C@@H]2CCCC[C@@H]2N)nc1Nc1ccn(-c2ccccc2)c1.Nc1ccn(-c2ccccc2)c1.O=[N+]([O-])c1cc[nH]c1.O=[N+]([O-])c1ccn(-c2ccccc2)c1.[Cl][Sn][Cl]. The van der Waals surface area contributed by atoms with E-state index in [4.69, 9.17) is 35.0 Å². The predicted octanol–water partition coefficient (Wildman–Crippen LogP) is 12.7. The van der Waals surface area contributed by atoms with Crippen molar-refractivity contribution >= 4 is 99.7 Å². The van der Waals surface area contributed by atoms with Crippen LogP contribution in [0.5, 0.6) is 0 Å². The van der Waals surface area contributed by atoms with Crippen molar-refractivity contribution in [3.63, 3.8) is 0 Å². The number of nitrogens with one attached hydrogen (secondary N) is 3. The third-order valence-corrected chi connectivity index (χ3v) is 11.2. The van der Waals surface area contributed by atoms with Crippen LogP contribution in [0.4, 0.5) is 34.5 Å². The number of hydrogen-bond acceptors (Lipinski definition) is 11. The van der Waals surface area contributed by atoms with Crippen LogP contribution in [0.3, 0.4) is 0 Å². The molecule has 0 saturated heterocycles. The number of carbonyl (C=O) groups excluding carboxylic acids is 1. The van der Waals surface area contributed by atoms with Crippen molar-refractivity contribution in [1.29, 1.82) is 0 Å². The van der Waals surface area contributed by atoms with Crippen LogP contribution < -0.4 is 27.8 Å². The predicted molar refractivity (Wildman–Crippen MR) is 314 cm³/mol. The van der Waals surface area contributed by atoms with Gasteiger partial charge in [-0.1, -0.05) is 100 Å². The Hall–Kier alpha value is -7.18. The first kappa shape index (κ1) is 62.1. The van der Waals surface area contributed by atoms with Gasteiger partial charge >= 0.3 is 36.7 Å². The minimum absolute atomic E-state index is 0. The van der Waals surface area contributed by atoms with Crippen LogP contribution in [0.1, 0.15) is 50.9 Å². The number of halogens is 3. The Morgan fingerprint density at radius 3 is 1.63 bits per heavy atom. The first-order valence-corrected chi connectivity index (χ1v) is 30.7. The van der Waals surface area contributed by atoms with E-state index in [1.54, 1.807) is 10.8 Å². The van der Waals surface area contributed by atoms with Crippen LogP contribution >= 0.6 is 40.4 Å². The number of primary amides is 1. The summed E-state index contributed by atoms with van der Waals surface area (Å²) in [4.78, 5) is 42.6. The third kappa shape index (κ3) is 21.3. The number of amides is 1. The summed E-state index contributed by atoms with van der Waals surface area (Å²) in [6.07, 6.45) is 19.4. The Morgan fingerprint density at radius 2 is 1.20 bits per heavy atom. The molecule has 0 aliphatic heterocycles. The van der Waals surface area contributed by atoms with E-state index in [0.717, 1.165) is 54.1 Å². The number of rotatable bonds is 10. The summed E-state index contributed by atoms with van der Waals surface area (Å²) in [5, 5.41) is 26.8. The second kappa shape index (κ2) is 33.6. The second-order valence-corrected chi connectivity index (χ2v) is 21.0. The molecule has 0 bridgehead atoms. The van der Waals surface area contributed by atoms with E-state index in [-0.39, 0.29) is 43.9 Å². The van der Waals surface area contributed by atoms with Gasteiger partial charge < -0.3 is 46.5 Å². The molecule has 5 aromatic heterocycles. The summed E-state index contributed by atoms with van der Waals surface area (Å²) >= 11 is 1.45. The number of nitrogens with zero attached hydrogens (tertiary/aromatic N) is 7. The number of nitro groups is 2. The second-order valence-electron chi connectivity index (χ2n) is 15.5. The van der Waals surface area contributed by atoms with Gasteiger partial charge in [-0.25, -0.2) is 4.98 Å². The normalized spacial score (nSPS) is 12.8. The molecule has 392 valence electrons. The van der Waals surface area contributed by atoms with E-state index in [2.05, 4.69) is 60.3 Å². The molecular formula is C53H60Cl2IN13O5Sn. The van der Waals surface area contributed by atoms with Crippen molar-refractivity contribution < 1.29 is 14.6 Å². The fourth-order valence-corrected chi connectivity index (χ4v) is 7.29. The van der Waals surface area contributed by atoms with E-state index in [9.17, 15) is 25.0 Å². The first-order chi connectivity index (χ1) is 35.3. The first-order valence-electron chi connectivity index (χ1n) is 22.3. The number of nitrogen functional groups attached to an aromatic ring is 1. The van der Waals surface area contributed by atoms with Crippen LogP contribution in [0.25, 0.3) is 17.1 Å². The van der Waals surface area contributed by atoms with Crippen LogP contribution in [-0.4, -0.2) is 75.4 Å². The fourth-order valence-electron chi connectivity index (χ4n) is 6.87. The number of anilines is 4. The summed E-state index contributed by atoms with van der Waals surface area (Å²) in [6.45, 7) is 0. The summed E-state index contributed by atoms with van der Waals surface area (Å²) in [7, 11) is 9.87. The van der Waals surface area contributed by atoms with Gasteiger partial charge in [0.2, 0.25) is 5.95 Å². The zero-order valence-electron chi connectivity index (χ0n) is 39.1. The molecular weight excluding hydrogens is 1220 g/mol. The molecule has 2 radical (unpaired) electrons. The molecule has 1 aliphatic carbocycles. The van der Waals surface area contributed by atoms with Crippen molar-refractivity contribution in [2.45, 2.75) is 52.6 Å². The molecule has 4 aromatic carbocycles. The third-order valence-electron chi connectivity index (χ3n) is 10.4.